The van der Waals surface area contributed by atoms with Crippen LogP contribution in [0.2, 0.25) is 0 Å². The molecule has 2 N–H and O–H groups in total. The Morgan fingerprint density at radius 1 is 1.58 bits per heavy atom. The lowest BCUT2D eigenvalue weighted by molar-refractivity contribution is 0.331. The zero-order valence-electron chi connectivity index (χ0n) is 8.30. The minimum atomic E-state index is -0.644. The Hall–Kier alpha value is -0.590. The second-order valence-electron chi connectivity index (χ2n) is 3.53. The van der Waals surface area contributed by atoms with Gasteiger partial charge in [0.1, 0.15) is 5.54 Å². The average molecular weight is 169 g/mol. The molecular weight excluding hydrogens is 150 g/mol. The van der Waals surface area contributed by atoms with E-state index in [2.05, 4.69) is 24.9 Å². The van der Waals surface area contributed by atoms with Crippen LogP contribution in [0.25, 0.3) is 0 Å². The summed E-state index contributed by atoms with van der Waals surface area (Å²) in [5.74, 6) is 0. The van der Waals surface area contributed by atoms with Gasteiger partial charge in [0, 0.05) is 0 Å². The van der Waals surface area contributed by atoms with Crippen molar-refractivity contribution in [1.82, 2.24) is 4.90 Å². The maximum Gasteiger partial charge on any atom is 0.101 e. The molecule has 0 amide bonds. The number of rotatable bonds is 5. The number of nitrogens with zero attached hydrogens (tertiary/aromatic N) is 2. The molecule has 0 fully saturated rings. The first-order chi connectivity index (χ1) is 5.52. The third-order valence-electron chi connectivity index (χ3n) is 2.03. The largest absolute Gasteiger partial charge is 0.314 e. The number of hydrogen-bond donors (Lipinski definition) is 1. The van der Waals surface area contributed by atoms with Gasteiger partial charge in [0.2, 0.25) is 0 Å². The molecule has 0 aromatic carbocycles. The van der Waals surface area contributed by atoms with E-state index >= 15 is 0 Å². The van der Waals surface area contributed by atoms with E-state index in [0.29, 0.717) is 0 Å². The van der Waals surface area contributed by atoms with Gasteiger partial charge >= 0.3 is 0 Å². The van der Waals surface area contributed by atoms with E-state index < -0.39 is 5.54 Å². The minimum absolute atomic E-state index is 0.644. The van der Waals surface area contributed by atoms with Gasteiger partial charge in [0.25, 0.3) is 0 Å². The van der Waals surface area contributed by atoms with Crippen LogP contribution in [0.15, 0.2) is 0 Å². The van der Waals surface area contributed by atoms with E-state index in [0.717, 1.165) is 25.9 Å². The van der Waals surface area contributed by atoms with Gasteiger partial charge in [-0.3, -0.25) is 0 Å². The van der Waals surface area contributed by atoms with E-state index in [9.17, 15) is 0 Å². The maximum absolute atomic E-state index is 8.63. The topological polar surface area (TPSA) is 53.0 Å². The fraction of sp³-hybridized carbons (Fsp3) is 0.889. The van der Waals surface area contributed by atoms with Crippen molar-refractivity contribution in [2.45, 2.75) is 32.2 Å². The van der Waals surface area contributed by atoms with Crippen LogP contribution >= 0.6 is 0 Å². The van der Waals surface area contributed by atoms with Crippen molar-refractivity contribution in [3.05, 3.63) is 0 Å². The second kappa shape index (κ2) is 5.13. The lowest BCUT2D eigenvalue weighted by Crippen LogP contribution is -2.35. The summed E-state index contributed by atoms with van der Waals surface area (Å²) in [4.78, 5) is 2.22. The predicted octanol–water partition coefficient (Wildman–Crippen LogP) is 0.959. The lowest BCUT2D eigenvalue weighted by Gasteiger charge is -2.18. The van der Waals surface area contributed by atoms with Crippen LogP contribution in [0, 0.1) is 11.3 Å². The number of nitriles is 1. The van der Waals surface area contributed by atoms with Crippen LogP contribution in [-0.2, 0) is 0 Å². The molecule has 1 unspecified atom stereocenters. The van der Waals surface area contributed by atoms with Gasteiger partial charge in [0.15, 0.2) is 0 Å². The molecular formula is C9H19N3. The third-order valence-corrected chi connectivity index (χ3v) is 2.03. The summed E-state index contributed by atoms with van der Waals surface area (Å²) in [5.41, 5.74) is 5.02. The van der Waals surface area contributed by atoms with Crippen LogP contribution < -0.4 is 5.73 Å². The smallest absolute Gasteiger partial charge is 0.101 e. The summed E-state index contributed by atoms with van der Waals surface area (Å²) in [6.45, 7) is 5.96. The van der Waals surface area contributed by atoms with E-state index in [-0.39, 0.29) is 0 Å². The molecule has 0 aliphatic rings. The molecule has 0 aromatic heterocycles. The van der Waals surface area contributed by atoms with Crippen LogP contribution in [0.1, 0.15) is 26.7 Å². The molecule has 3 heteroatoms. The highest BCUT2D eigenvalue weighted by molar-refractivity contribution is 5.00. The fourth-order valence-corrected chi connectivity index (χ4v) is 0.930. The second-order valence-corrected chi connectivity index (χ2v) is 3.53. The van der Waals surface area contributed by atoms with Gasteiger partial charge < -0.3 is 10.6 Å². The van der Waals surface area contributed by atoms with Crippen LogP contribution in [0.4, 0.5) is 0 Å². The van der Waals surface area contributed by atoms with Crippen molar-refractivity contribution in [2.24, 2.45) is 5.73 Å². The van der Waals surface area contributed by atoms with Crippen molar-refractivity contribution in [3.63, 3.8) is 0 Å². The van der Waals surface area contributed by atoms with Crippen molar-refractivity contribution >= 4 is 0 Å². The first-order valence-corrected chi connectivity index (χ1v) is 4.40. The van der Waals surface area contributed by atoms with Gasteiger partial charge in [-0.2, -0.15) is 5.26 Å². The Bertz CT molecular complexity index is 158. The zero-order chi connectivity index (χ0) is 9.61. The minimum Gasteiger partial charge on any atom is -0.314 e. The molecule has 12 heavy (non-hydrogen) atoms. The molecule has 0 aliphatic carbocycles. The monoisotopic (exact) mass is 169 g/mol. The quantitative estimate of drug-likeness (QED) is 0.667. The Labute approximate surface area is 75.2 Å². The van der Waals surface area contributed by atoms with Gasteiger partial charge in [-0.15, -0.1) is 0 Å². The summed E-state index contributed by atoms with van der Waals surface area (Å²) in [6, 6.07) is 2.09. The summed E-state index contributed by atoms with van der Waals surface area (Å²) >= 11 is 0. The Balaban J connectivity index is 3.51. The van der Waals surface area contributed by atoms with Crippen LogP contribution in [0.5, 0.6) is 0 Å². The van der Waals surface area contributed by atoms with E-state index in [1.165, 1.54) is 0 Å². The van der Waals surface area contributed by atoms with Crippen LogP contribution in [0.3, 0.4) is 0 Å². The van der Waals surface area contributed by atoms with Gasteiger partial charge in [0.05, 0.1) is 6.07 Å². The summed E-state index contributed by atoms with van der Waals surface area (Å²) in [5, 5.41) is 8.63. The van der Waals surface area contributed by atoms with Crippen LogP contribution in [-0.4, -0.2) is 30.6 Å². The normalized spacial score (nSPS) is 15.7. The molecule has 70 valence electrons. The van der Waals surface area contributed by atoms with Crippen molar-refractivity contribution < 1.29 is 0 Å². The third kappa shape index (κ3) is 5.11. The molecule has 0 aromatic rings. The van der Waals surface area contributed by atoms with E-state index in [1.807, 2.05) is 0 Å². The standard InChI is InChI=1S/C9H19N3/c1-4-12(3)7-5-6-9(2,11)8-10/h4-7,11H2,1-3H3. The molecule has 0 saturated carbocycles. The highest BCUT2D eigenvalue weighted by Crippen LogP contribution is 2.07. The fourth-order valence-electron chi connectivity index (χ4n) is 0.930. The maximum atomic E-state index is 8.63. The number of hydrogen-bond acceptors (Lipinski definition) is 3. The SMILES string of the molecule is CCN(C)CCCC(C)(N)C#N. The van der Waals surface area contributed by atoms with Gasteiger partial charge in [-0.1, -0.05) is 6.92 Å². The molecule has 0 spiro atoms. The molecule has 0 radical (unpaired) electrons. The molecule has 0 bridgehead atoms. The molecule has 0 heterocycles. The predicted molar refractivity (Wildman–Crippen MR) is 50.6 cm³/mol. The summed E-state index contributed by atoms with van der Waals surface area (Å²) in [7, 11) is 2.07. The van der Waals surface area contributed by atoms with E-state index in [4.69, 9.17) is 11.0 Å². The lowest BCUT2D eigenvalue weighted by atomic mass is 9.99. The first kappa shape index (κ1) is 11.4. The highest BCUT2D eigenvalue weighted by atomic mass is 15.1. The van der Waals surface area contributed by atoms with Gasteiger partial charge in [-0.25, -0.2) is 0 Å². The molecule has 3 nitrogen and oxygen atoms in total. The summed E-state index contributed by atoms with van der Waals surface area (Å²) in [6.07, 6.45) is 1.76. The number of nitrogens with two attached hydrogens (primary N) is 1. The molecule has 0 saturated heterocycles. The molecule has 0 rings (SSSR count). The van der Waals surface area contributed by atoms with Gasteiger partial charge in [-0.05, 0) is 39.9 Å². The summed E-state index contributed by atoms with van der Waals surface area (Å²) < 4.78 is 0. The Morgan fingerprint density at radius 2 is 2.17 bits per heavy atom. The zero-order valence-corrected chi connectivity index (χ0v) is 8.30. The molecule has 1 atom stereocenters. The van der Waals surface area contributed by atoms with Crippen molar-refractivity contribution in [1.29, 1.82) is 5.26 Å². The molecule has 0 aliphatic heterocycles. The Kier molecular flexibility index (Phi) is 4.87. The van der Waals surface area contributed by atoms with E-state index in [1.54, 1.807) is 6.92 Å². The first-order valence-electron chi connectivity index (χ1n) is 4.40. The highest BCUT2D eigenvalue weighted by Gasteiger charge is 2.16. The van der Waals surface area contributed by atoms with Crippen molar-refractivity contribution in [3.8, 4) is 6.07 Å². The Morgan fingerprint density at radius 3 is 2.58 bits per heavy atom. The van der Waals surface area contributed by atoms with Crippen molar-refractivity contribution in [2.75, 3.05) is 20.1 Å². The average Bonchev–Trinajstić information content (AvgIpc) is 2.04.